The number of aliphatic hydroxyl groups excluding tert-OH is 1. The number of carbonyl (C=O) groups is 1. The van der Waals surface area contributed by atoms with Gasteiger partial charge in [-0.3, -0.25) is 4.79 Å². The fourth-order valence-electron chi connectivity index (χ4n) is 3.23. The van der Waals surface area contributed by atoms with E-state index in [9.17, 15) is 15.0 Å². The minimum absolute atomic E-state index is 0.199. The van der Waals surface area contributed by atoms with Crippen LogP contribution in [0.15, 0.2) is 12.7 Å². The molecule has 0 spiro atoms. The molecule has 2 N–H and O–H groups in total. The first-order chi connectivity index (χ1) is 11.8. The SMILES string of the molecule is C=CCCCCC(CC(=O)CCCC)O[C@@H]1C[C@@](C)(O)[C@@H](O)[C@H](C)O1. The average Bonchev–Trinajstić information content (AvgIpc) is 2.54. The molecule has 0 bridgehead atoms. The molecule has 5 atom stereocenters. The number of ketones is 1. The summed E-state index contributed by atoms with van der Waals surface area (Å²) in [6.07, 6.45) is 6.42. The molecule has 0 aromatic heterocycles. The van der Waals surface area contributed by atoms with Crippen LogP contribution in [0, 0.1) is 0 Å². The number of unbranched alkanes of at least 4 members (excludes halogenated alkanes) is 3. The summed E-state index contributed by atoms with van der Waals surface area (Å²) in [6.45, 7) is 9.12. The number of aliphatic hydroxyl groups is 2. The van der Waals surface area contributed by atoms with Gasteiger partial charge < -0.3 is 19.7 Å². The summed E-state index contributed by atoms with van der Waals surface area (Å²) in [6, 6.07) is 0. The molecule has 1 fully saturated rings. The zero-order chi connectivity index (χ0) is 18.9. The highest BCUT2D eigenvalue weighted by atomic mass is 16.7. The molecule has 0 aliphatic carbocycles. The second-order valence-corrected chi connectivity index (χ2v) is 7.45. The molecule has 0 amide bonds. The molecular formula is C20H36O5. The predicted octanol–water partition coefficient (Wildman–Crippen LogP) is 3.51. The van der Waals surface area contributed by atoms with Gasteiger partial charge >= 0.3 is 0 Å². The van der Waals surface area contributed by atoms with Gasteiger partial charge in [-0.1, -0.05) is 25.8 Å². The van der Waals surface area contributed by atoms with Crippen molar-refractivity contribution in [2.24, 2.45) is 0 Å². The van der Waals surface area contributed by atoms with E-state index in [4.69, 9.17) is 9.47 Å². The van der Waals surface area contributed by atoms with Crippen LogP contribution in [-0.4, -0.2) is 46.2 Å². The molecule has 1 rings (SSSR count). The zero-order valence-electron chi connectivity index (χ0n) is 16.1. The Hall–Kier alpha value is -0.750. The van der Waals surface area contributed by atoms with Crippen molar-refractivity contribution in [2.75, 3.05) is 0 Å². The van der Waals surface area contributed by atoms with Crippen molar-refractivity contribution in [1.29, 1.82) is 0 Å². The molecule has 1 saturated heterocycles. The van der Waals surface area contributed by atoms with Gasteiger partial charge in [-0.05, 0) is 39.5 Å². The van der Waals surface area contributed by atoms with Crippen LogP contribution >= 0.6 is 0 Å². The number of hydrogen-bond donors (Lipinski definition) is 2. The van der Waals surface area contributed by atoms with Gasteiger partial charge in [0.2, 0.25) is 0 Å². The molecule has 5 nitrogen and oxygen atoms in total. The second-order valence-electron chi connectivity index (χ2n) is 7.45. The molecule has 5 heteroatoms. The van der Waals surface area contributed by atoms with Gasteiger partial charge in [0.05, 0.1) is 17.8 Å². The Kier molecular flexibility index (Phi) is 9.87. The lowest BCUT2D eigenvalue weighted by Crippen LogP contribution is -2.55. The Morgan fingerprint density at radius 3 is 2.76 bits per heavy atom. The fourth-order valence-corrected chi connectivity index (χ4v) is 3.23. The molecule has 0 radical (unpaired) electrons. The molecule has 146 valence electrons. The molecule has 0 saturated carbocycles. The van der Waals surface area contributed by atoms with Crippen molar-refractivity contribution in [3.8, 4) is 0 Å². The quantitative estimate of drug-likeness (QED) is 0.413. The summed E-state index contributed by atoms with van der Waals surface area (Å²) >= 11 is 0. The first-order valence-corrected chi connectivity index (χ1v) is 9.64. The topological polar surface area (TPSA) is 76.0 Å². The van der Waals surface area contributed by atoms with Crippen LogP contribution in [-0.2, 0) is 14.3 Å². The van der Waals surface area contributed by atoms with E-state index in [1.807, 2.05) is 6.08 Å². The van der Waals surface area contributed by atoms with Crippen LogP contribution in [0.1, 0.15) is 78.6 Å². The van der Waals surface area contributed by atoms with Gasteiger partial charge in [-0.2, -0.15) is 0 Å². The molecule has 25 heavy (non-hydrogen) atoms. The van der Waals surface area contributed by atoms with Crippen molar-refractivity contribution >= 4 is 5.78 Å². The molecule has 0 aromatic rings. The number of hydrogen-bond acceptors (Lipinski definition) is 5. The number of allylic oxidation sites excluding steroid dienone is 1. The smallest absolute Gasteiger partial charge is 0.161 e. The summed E-state index contributed by atoms with van der Waals surface area (Å²) in [5, 5.41) is 20.4. The Morgan fingerprint density at radius 2 is 2.16 bits per heavy atom. The predicted molar refractivity (Wildman–Crippen MR) is 98.3 cm³/mol. The minimum atomic E-state index is -1.25. The molecule has 1 aliphatic rings. The Morgan fingerprint density at radius 1 is 1.44 bits per heavy atom. The highest BCUT2D eigenvalue weighted by molar-refractivity contribution is 5.78. The lowest BCUT2D eigenvalue weighted by atomic mass is 9.89. The third kappa shape index (κ3) is 7.99. The molecule has 1 aliphatic heterocycles. The Bertz CT molecular complexity index is 407. The van der Waals surface area contributed by atoms with Crippen molar-refractivity contribution < 1.29 is 24.5 Å². The molecule has 1 heterocycles. The Labute approximate surface area is 152 Å². The lowest BCUT2D eigenvalue weighted by molar-refractivity contribution is -0.283. The zero-order valence-corrected chi connectivity index (χ0v) is 16.1. The maximum absolute atomic E-state index is 12.2. The van der Waals surface area contributed by atoms with Gasteiger partial charge in [-0.15, -0.1) is 6.58 Å². The Balaban J connectivity index is 2.61. The van der Waals surface area contributed by atoms with Crippen molar-refractivity contribution in [1.82, 2.24) is 0 Å². The van der Waals surface area contributed by atoms with Crippen LogP contribution < -0.4 is 0 Å². The summed E-state index contributed by atoms with van der Waals surface area (Å²) in [5.41, 5.74) is -1.25. The monoisotopic (exact) mass is 356 g/mol. The van der Waals surface area contributed by atoms with Crippen LogP contribution in [0.4, 0.5) is 0 Å². The van der Waals surface area contributed by atoms with E-state index in [0.717, 1.165) is 38.5 Å². The summed E-state index contributed by atoms with van der Waals surface area (Å²) in [4.78, 5) is 12.2. The lowest BCUT2D eigenvalue weighted by Gasteiger charge is -2.42. The summed E-state index contributed by atoms with van der Waals surface area (Å²) in [5.74, 6) is 0.214. The first-order valence-electron chi connectivity index (χ1n) is 9.64. The third-order valence-electron chi connectivity index (χ3n) is 4.82. The number of Topliss-reactive ketones (excluding diaryl/α,β-unsaturated/α-hetero) is 1. The second kappa shape index (κ2) is 11.1. The van der Waals surface area contributed by atoms with E-state index in [1.165, 1.54) is 0 Å². The standard InChI is InChI=1S/C20H36O5/c1-5-7-9-10-12-17(13-16(21)11-8-6-2)25-18-14-20(4,23)19(22)15(3)24-18/h5,15,17-19,22-23H,1,6-14H2,2-4H3/t15-,17?,18+,19-,20+/m0/s1. The molecular weight excluding hydrogens is 320 g/mol. The highest BCUT2D eigenvalue weighted by Crippen LogP contribution is 2.31. The van der Waals surface area contributed by atoms with E-state index in [0.29, 0.717) is 12.8 Å². The van der Waals surface area contributed by atoms with Crippen LogP contribution in [0.2, 0.25) is 0 Å². The normalized spacial score (nSPS) is 30.8. The largest absolute Gasteiger partial charge is 0.387 e. The number of ether oxygens (including phenoxy) is 2. The third-order valence-corrected chi connectivity index (χ3v) is 4.82. The van der Waals surface area contributed by atoms with Gasteiger partial charge in [-0.25, -0.2) is 0 Å². The van der Waals surface area contributed by atoms with Gasteiger partial charge in [0.1, 0.15) is 11.9 Å². The maximum Gasteiger partial charge on any atom is 0.161 e. The van der Waals surface area contributed by atoms with Crippen molar-refractivity contribution in [2.45, 2.75) is 109 Å². The van der Waals surface area contributed by atoms with Gasteiger partial charge in [0.25, 0.3) is 0 Å². The minimum Gasteiger partial charge on any atom is -0.387 e. The summed E-state index contributed by atoms with van der Waals surface area (Å²) in [7, 11) is 0. The highest BCUT2D eigenvalue weighted by Gasteiger charge is 2.44. The van der Waals surface area contributed by atoms with Gasteiger partial charge in [0.15, 0.2) is 6.29 Å². The van der Waals surface area contributed by atoms with Crippen LogP contribution in [0.25, 0.3) is 0 Å². The van der Waals surface area contributed by atoms with Crippen LogP contribution in [0.5, 0.6) is 0 Å². The van der Waals surface area contributed by atoms with Crippen molar-refractivity contribution in [3.05, 3.63) is 12.7 Å². The first kappa shape index (κ1) is 22.3. The fraction of sp³-hybridized carbons (Fsp3) is 0.850. The number of rotatable bonds is 12. The molecule has 1 unspecified atom stereocenters. The maximum atomic E-state index is 12.2. The number of carbonyl (C=O) groups excluding carboxylic acids is 1. The van der Waals surface area contributed by atoms with E-state index in [-0.39, 0.29) is 18.3 Å². The summed E-state index contributed by atoms with van der Waals surface area (Å²) < 4.78 is 11.7. The average molecular weight is 357 g/mol. The van der Waals surface area contributed by atoms with Crippen LogP contribution in [0.3, 0.4) is 0 Å². The van der Waals surface area contributed by atoms with E-state index < -0.39 is 24.1 Å². The van der Waals surface area contributed by atoms with Gasteiger partial charge in [0, 0.05) is 19.3 Å². The van der Waals surface area contributed by atoms with E-state index >= 15 is 0 Å². The van der Waals surface area contributed by atoms with Crippen molar-refractivity contribution in [3.63, 3.8) is 0 Å². The molecule has 0 aromatic carbocycles. The van der Waals surface area contributed by atoms with E-state index in [1.54, 1.807) is 13.8 Å². The van der Waals surface area contributed by atoms with E-state index in [2.05, 4.69) is 13.5 Å².